The summed E-state index contributed by atoms with van der Waals surface area (Å²) in [5.74, 6) is 1.06. The van der Waals surface area contributed by atoms with Crippen LogP contribution in [0.1, 0.15) is 47.3 Å². The lowest BCUT2D eigenvalue weighted by Crippen LogP contribution is -2.32. The van der Waals surface area contributed by atoms with Crippen LogP contribution in [0.2, 0.25) is 0 Å². The average Bonchev–Trinajstić information content (AvgIpc) is 3.06. The first kappa shape index (κ1) is 15.9. The first-order chi connectivity index (χ1) is 12.3. The highest BCUT2D eigenvalue weighted by molar-refractivity contribution is 5.33. The van der Waals surface area contributed by atoms with Crippen LogP contribution in [-0.2, 0) is 6.42 Å². The molecule has 0 bridgehead atoms. The van der Waals surface area contributed by atoms with Crippen LogP contribution in [0.4, 0.5) is 0 Å². The van der Waals surface area contributed by atoms with Crippen LogP contribution in [0.5, 0.6) is 0 Å². The molecule has 0 fully saturated rings. The summed E-state index contributed by atoms with van der Waals surface area (Å²) >= 11 is 0. The SMILES string of the molecule is O=c1[nH]oc2c1C(NCC(c1ccccc1)c1ccccc1)CCC2. The summed E-state index contributed by atoms with van der Waals surface area (Å²) in [6.07, 6.45) is 2.84. The second kappa shape index (κ2) is 7.11. The molecule has 0 amide bonds. The highest BCUT2D eigenvalue weighted by atomic mass is 16.5. The molecular formula is C21H22N2O2. The number of aromatic nitrogens is 1. The lowest BCUT2D eigenvalue weighted by atomic mass is 9.89. The summed E-state index contributed by atoms with van der Waals surface area (Å²) in [5.41, 5.74) is 3.24. The van der Waals surface area contributed by atoms with Crippen molar-refractivity contribution < 1.29 is 4.52 Å². The van der Waals surface area contributed by atoms with Crippen molar-refractivity contribution in [2.45, 2.75) is 31.2 Å². The third-order valence-corrected chi connectivity index (χ3v) is 5.03. The molecule has 4 rings (SSSR count). The van der Waals surface area contributed by atoms with Crippen LogP contribution in [0.15, 0.2) is 70.0 Å². The zero-order chi connectivity index (χ0) is 17.1. The van der Waals surface area contributed by atoms with Crippen LogP contribution >= 0.6 is 0 Å². The minimum Gasteiger partial charge on any atom is -0.383 e. The summed E-state index contributed by atoms with van der Waals surface area (Å²) in [5, 5.41) is 6.11. The van der Waals surface area contributed by atoms with Gasteiger partial charge in [0.25, 0.3) is 5.56 Å². The predicted molar refractivity (Wildman–Crippen MR) is 97.7 cm³/mol. The van der Waals surface area contributed by atoms with Gasteiger partial charge in [-0.15, -0.1) is 0 Å². The Labute approximate surface area is 146 Å². The van der Waals surface area contributed by atoms with Crippen LogP contribution in [-0.4, -0.2) is 11.7 Å². The summed E-state index contributed by atoms with van der Waals surface area (Å²) in [6, 6.07) is 21.1. The minimum atomic E-state index is -0.0943. The standard InChI is InChI=1S/C21H22N2O2/c24-21-20-18(12-7-13-19(20)25-23-21)22-14-17(15-8-3-1-4-9-15)16-10-5-2-6-11-16/h1-6,8-11,17-18,22H,7,12-14H2,(H,23,24). The number of hydrogen-bond donors (Lipinski definition) is 2. The molecule has 0 spiro atoms. The molecule has 3 aromatic rings. The summed E-state index contributed by atoms with van der Waals surface area (Å²) < 4.78 is 5.32. The first-order valence-corrected chi connectivity index (χ1v) is 8.86. The van der Waals surface area contributed by atoms with Crippen LogP contribution in [0.3, 0.4) is 0 Å². The Kier molecular flexibility index (Phi) is 4.53. The number of hydrogen-bond acceptors (Lipinski definition) is 3. The van der Waals surface area contributed by atoms with Gasteiger partial charge in [-0.3, -0.25) is 4.79 Å². The third-order valence-electron chi connectivity index (χ3n) is 5.03. The fourth-order valence-electron chi connectivity index (χ4n) is 3.76. The smallest absolute Gasteiger partial charge is 0.284 e. The lowest BCUT2D eigenvalue weighted by molar-refractivity contribution is 0.352. The van der Waals surface area contributed by atoms with Gasteiger partial charge in [-0.25, -0.2) is 0 Å². The van der Waals surface area contributed by atoms with Gasteiger partial charge in [0.1, 0.15) is 5.76 Å². The maximum Gasteiger partial charge on any atom is 0.284 e. The minimum absolute atomic E-state index is 0.0566. The Hall–Kier alpha value is -2.59. The molecule has 0 saturated heterocycles. The fourth-order valence-corrected chi connectivity index (χ4v) is 3.76. The van der Waals surface area contributed by atoms with Crippen molar-refractivity contribution in [3.63, 3.8) is 0 Å². The van der Waals surface area contributed by atoms with E-state index in [2.05, 4.69) is 59.0 Å². The second-order valence-corrected chi connectivity index (χ2v) is 6.60. The van der Waals surface area contributed by atoms with E-state index in [1.165, 1.54) is 11.1 Å². The molecule has 2 N–H and O–H groups in total. The predicted octanol–water partition coefficient (Wildman–Crippen LogP) is 3.77. The van der Waals surface area contributed by atoms with Crippen molar-refractivity contribution >= 4 is 0 Å². The summed E-state index contributed by atoms with van der Waals surface area (Å²) in [4.78, 5) is 12.1. The first-order valence-electron chi connectivity index (χ1n) is 8.86. The van der Waals surface area contributed by atoms with Gasteiger partial charge in [0.15, 0.2) is 0 Å². The van der Waals surface area contributed by atoms with Gasteiger partial charge in [-0.05, 0) is 24.0 Å². The molecule has 2 aromatic carbocycles. The van der Waals surface area contributed by atoms with Crippen LogP contribution in [0.25, 0.3) is 0 Å². The topological polar surface area (TPSA) is 58.0 Å². The van der Waals surface area contributed by atoms with E-state index >= 15 is 0 Å². The average molecular weight is 334 g/mol. The maximum atomic E-state index is 12.1. The number of aryl methyl sites for hydroxylation is 1. The van der Waals surface area contributed by atoms with E-state index in [9.17, 15) is 4.79 Å². The lowest BCUT2D eigenvalue weighted by Gasteiger charge is -2.25. The number of aromatic amines is 1. The summed E-state index contributed by atoms with van der Waals surface area (Å²) in [6.45, 7) is 0.781. The van der Waals surface area contributed by atoms with E-state index < -0.39 is 0 Å². The molecule has 25 heavy (non-hydrogen) atoms. The molecule has 4 nitrogen and oxygen atoms in total. The van der Waals surface area contributed by atoms with Crippen molar-refractivity contribution in [2.75, 3.05) is 6.54 Å². The zero-order valence-electron chi connectivity index (χ0n) is 14.1. The second-order valence-electron chi connectivity index (χ2n) is 6.60. The number of H-pyrrole nitrogens is 1. The van der Waals surface area contributed by atoms with Gasteiger partial charge < -0.3 is 9.84 Å². The maximum absolute atomic E-state index is 12.1. The van der Waals surface area contributed by atoms with Crippen molar-refractivity contribution in [3.05, 3.63) is 93.5 Å². The molecule has 1 aromatic heterocycles. The van der Waals surface area contributed by atoms with Crippen LogP contribution in [0, 0.1) is 0 Å². The Balaban J connectivity index is 1.58. The van der Waals surface area contributed by atoms with Gasteiger partial charge in [0, 0.05) is 24.9 Å². The highest BCUT2D eigenvalue weighted by Gasteiger charge is 2.27. The Morgan fingerprint density at radius 2 is 1.68 bits per heavy atom. The molecule has 0 radical (unpaired) electrons. The molecule has 1 heterocycles. The van der Waals surface area contributed by atoms with E-state index in [0.29, 0.717) is 0 Å². The molecule has 1 aliphatic rings. The van der Waals surface area contributed by atoms with E-state index in [1.807, 2.05) is 12.1 Å². The highest BCUT2D eigenvalue weighted by Crippen LogP contribution is 2.29. The van der Waals surface area contributed by atoms with Gasteiger partial charge in [-0.1, -0.05) is 60.7 Å². The Morgan fingerprint density at radius 3 is 2.32 bits per heavy atom. The van der Waals surface area contributed by atoms with Crippen molar-refractivity contribution in [2.24, 2.45) is 0 Å². The molecular weight excluding hydrogens is 312 g/mol. The number of benzene rings is 2. The van der Waals surface area contributed by atoms with E-state index in [1.54, 1.807) is 0 Å². The quantitative estimate of drug-likeness (QED) is 0.747. The molecule has 128 valence electrons. The third kappa shape index (κ3) is 3.30. The largest absolute Gasteiger partial charge is 0.383 e. The number of rotatable bonds is 5. The molecule has 0 aliphatic heterocycles. The van der Waals surface area contributed by atoms with Gasteiger partial charge in [0.05, 0.1) is 5.56 Å². The van der Waals surface area contributed by atoms with Gasteiger partial charge >= 0.3 is 0 Å². The molecule has 1 atom stereocenters. The molecule has 4 heteroatoms. The van der Waals surface area contributed by atoms with E-state index in [4.69, 9.17) is 4.52 Å². The summed E-state index contributed by atoms with van der Waals surface area (Å²) in [7, 11) is 0. The van der Waals surface area contributed by atoms with Crippen molar-refractivity contribution in [1.82, 2.24) is 10.5 Å². The van der Waals surface area contributed by atoms with Crippen molar-refractivity contribution in [3.8, 4) is 0 Å². The van der Waals surface area contributed by atoms with Crippen LogP contribution < -0.4 is 10.9 Å². The Bertz CT molecular complexity index is 828. The molecule has 1 unspecified atom stereocenters. The Morgan fingerprint density at radius 1 is 1.04 bits per heavy atom. The number of nitrogens with one attached hydrogen (secondary N) is 2. The monoisotopic (exact) mass is 334 g/mol. The fraction of sp³-hybridized carbons (Fsp3) is 0.286. The van der Waals surface area contributed by atoms with E-state index in [0.717, 1.165) is 37.1 Å². The van der Waals surface area contributed by atoms with Gasteiger partial charge in [0.2, 0.25) is 0 Å². The van der Waals surface area contributed by atoms with Crippen molar-refractivity contribution in [1.29, 1.82) is 0 Å². The number of fused-ring (bicyclic) bond motifs is 1. The van der Waals surface area contributed by atoms with Gasteiger partial charge in [-0.2, -0.15) is 5.16 Å². The molecule has 0 saturated carbocycles. The molecule has 1 aliphatic carbocycles. The normalized spacial score (nSPS) is 16.8. The zero-order valence-corrected chi connectivity index (χ0v) is 14.1. The van der Waals surface area contributed by atoms with E-state index in [-0.39, 0.29) is 17.5 Å².